The van der Waals surface area contributed by atoms with E-state index in [2.05, 4.69) is 20.4 Å². The molecule has 0 spiro atoms. The third-order valence-corrected chi connectivity index (χ3v) is 7.25. The quantitative estimate of drug-likeness (QED) is 0.410. The Morgan fingerprint density at radius 1 is 1.17 bits per heavy atom. The van der Waals surface area contributed by atoms with Gasteiger partial charge < -0.3 is 14.4 Å². The molecule has 0 bridgehead atoms. The van der Waals surface area contributed by atoms with Crippen LogP contribution >= 0.6 is 11.3 Å². The van der Waals surface area contributed by atoms with Gasteiger partial charge in [0.25, 0.3) is 5.91 Å². The highest BCUT2D eigenvalue weighted by Gasteiger charge is 2.20. The summed E-state index contributed by atoms with van der Waals surface area (Å²) in [5, 5.41) is 9.51. The fourth-order valence-electron chi connectivity index (χ4n) is 3.31. The molecule has 4 rings (SSSR count). The van der Waals surface area contributed by atoms with Crippen molar-refractivity contribution in [2.75, 3.05) is 65.1 Å². The molecule has 2 aromatic heterocycles. The van der Waals surface area contributed by atoms with Crippen molar-refractivity contribution in [3.8, 4) is 5.88 Å². The SMILES string of the molecule is CN(C)CCOc1ccc2nc(NC(=O)C(=NN3CCOCC3)c3ccc(S(C)(=O)=O)cc3)sc2n1. The number of nitrogens with zero attached hydrogens (tertiary/aromatic N) is 5. The van der Waals surface area contributed by atoms with Crippen LogP contribution in [0.1, 0.15) is 5.56 Å². The summed E-state index contributed by atoms with van der Waals surface area (Å²) in [6, 6.07) is 9.63. The van der Waals surface area contributed by atoms with E-state index in [9.17, 15) is 13.2 Å². The average Bonchev–Trinajstić information content (AvgIpc) is 3.24. The molecular weight excluding hydrogens is 504 g/mol. The molecule has 1 fully saturated rings. The number of benzene rings is 1. The molecule has 0 atom stereocenters. The average molecular weight is 533 g/mol. The number of thiazole rings is 1. The van der Waals surface area contributed by atoms with E-state index >= 15 is 0 Å². The van der Waals surface area contributed by atoms with Crippen LogP contribution in [0.3, 0.4) is 0 Å². The fourth-order valence-corrected chi connectivity index (χ4v) is 4.77. The standard InChI is InChI=1S/C23H28N6O5S2/c1-28(2)10-15-34-19-9-8-18-22(25-19)35-23(24-18)26-21(30)20(27-29-11-13-33-14-12-29)16-4-6-17(7-5-16)36(3,31)32/h4-9H,10-15H2,1-3H3,(H,24,26,30). The van der Waals surface area contributed by atoms with E-state index in [1.54, 1.807) is 29.3 Å². The van der Waals surface area contributed by atoms with E-state index in [1.807, 2.05) is 19.0 Å². The van der Waals surface area contributed by atoms with Gasteiger partial charge in [0.1, 0.15) is 17.0 Å². The summed E-state index contributed by atoms with van der Waals surface area (Å²) in [4.78, 5) is 25.1. The van der Waals surface area contributed by atoms with Crippen molar-refractivity contribution >= 4 is 48.3 Å². The lowest BCUT2D eigenvalue weighted by Gasteiger charge is -2.24. The fraction of sp³-hybridized carbons (Fsp3) is 0.391. The Hall–Kier alpha value is -3.13. The highest BCUT2D eigenvalue weighted by atomic mass is 32.2. The predicted octanol–water partition coefficient (Wildman–Crippen LogP) is 1.71. The number of carbonyl (C=O) groups excluding carboxylic acids is 1. The maximum absolute atomic E-state index is 13.3. The number of ether oxygens (including phenoxy) is 2. The van der Waals surface area contributed by atoms with Gasteiger partial charge in [0.05, 0.1) is 31.2 Å². The number of carbonyl (C=O) groups is 1. The number of pyridine rings is 1. The first-order chi connectivity index (χ1) is 17.2. The van der Waals surface area contributed by atoms with E-state index in [1.165, 1.54) is 23.5 Å². The van der Waals surface area contributed by atoms with Crippen molar-refractivity contribution < 1.29 is 22.7 Å². The van der Waals surface area contributed by atoms with Gasteiger partial charge in [-0.1, -0.05) is 23.5 Å². The number of nitrogens with one attached hydrogen (secondary N) is 1. The number of likely N-dealkylation sites (N-methyl/N-ethyl adjacent to an activating group) is 1. The molecule has 3 heterocycles. The summed E-state index contributed by atoms with van der Waals surface area (Å²) in [5.74, 6) is 0.0292. The van der Waals surface area contributed by atoms with Crippen molar-refractivity contribution in [3.05, 3.63) is 42.0 Å². The van der Waals surface area contributed by atoms with Gasteiger partial charge in [-0.3, -0.25) is 15.1 Å². The molecule has 1 aromatic carbocycles. The van der Waals surface area contributed by atoms with Crippen LogP contribution in [0.5, 0.6) is 5.88 Å². The molecule has 11 nitrogen and oxygen atoms in total. The number of anilines is 1. The zero-order valence-corrected chi connectivity index (χ0v) is 21.9. The lowest BCUT2D eigenvalue weighted by molar-refractivity contribution is -0.110. The zero-order valence-electron chi connectivity index (χ0n) is 20.3. The summed E-state index contributed by atoms with van der Waals surface area (Å²) in [7, 11) is 0.569. The molecule has 1 aliphatic heterocycles. The third kappa shape index (κ3) is 6.75. The van der Waals surface area contributed by atoms with Crippen molar-refractivity contribution in [2.24, 2.45) is 5.10 Å². The van der Waals surface area contributed by atoms with Crippen LogP contribution in [0.15, 0.2) is 46.4 Å². The molecule has 1 N–H and O–H groups in total. The van der Waals surface area contributed by atoms with E-state index in [4.69, 9.17) is 9.47 Å². The first-order valence-corrected chi connectivity index (χ1v) is 14.0. The van der Waals surface area contributed by atoms with E-state index < -0.39 is 15.7 Å². The lowest BCUT2D eigenvalue weighted by atomic mass is 10.1. The third-order valence-electron chi connectivity index (χ3n) is 5.24. The maximum atomic E-state index is 13.3. The Labute approximate surface area is 213 Å². The molecule has 0 unspecified atom stereocenters. The lowest BCUT2D eigenvalue weighted by Crippen LogP contribution is -2.35. The second kappa shape index (κ2) is 11.3. The van der Waals surface area contributed by atoms with Gasteiger partial charge in [-0.2, -0.15) is 5.10 Å². The number of fused-ring (bicyclic) bond motifs is 1. The zero-order chi connectivity index (χ0) is 25.7. The molecule has 1 aliphatic rings. The monoisotopic (exact) mass is 532 g/mol. The Balaban J connectivity index is 1.56. The molecule has 13 heteroatoms. The highest BCUT2D eigenvalue weighted by molar-refractivity contribution is 7.90. The normalized spacial score (nSPS) is 14.9. The minimum atomic E-state index is -3.37. The Morgan fingerprint density at radius 3 is 2.56 bits per heavy atom. The van der Waals surface area contributed by atoms with Gasteiger partial charge in [0.15, 0.2) is 20.7 Å². The number of hydrazone groups is 1. The minimum absolute atomic E-state index is 0.150. The summed E-state index contributed by atoms with van der Waals surface area (Å²) in [6.07, 6.45) is 1.14. The van der Waals surface area contributed by atoms with Gasteiger partial charge >= 0.3 is 0 Å². The van der Waals surface area contributed by atoms with Crippen LogP contribution in [-0.2, 0) is 19.4 Å². The number of sulfone groups is 1. The summed E-state index contributed by atoms with van der Waals surface area (Å²) < 4.78 is 34.8. The minimum Gasteiger partial charge on any atom is -0.476 e. The van der Waals surface area contributed by atoms with Crippen molar-refractivity contribution in [3.63, 3.8) is 0 Å². The van der Waals surface area contributed by atoms with Crippen molar-refractivity contribution in [2.45, 2.75) is 4.90 Å². The van der Waals surface area contributed by atoms with E-state index in [0.29, 0.717) is 59.8 Å². The van der Waals surface area contributed by atoms with Gasteiger partial charge in [-0.05, 0) is 32.3 Å². The molecule has 192 valence electrons. The summed E-state index contributed by atoms with van der Waals surface area (Å²) >= 11 is 1.23. The molecule has 1 amide bonds. The second-order valence-electron chi connectivity index (χ2n) is 8.41. The molecule has 0 saturated carbocycles. The Kier molecular flexibility index (Phi) is 8.14. The van der Waals surface area contributed by atoms with Gasteiger partial charge in [-0.15, -0.1) is 0 Å². The number of aromatic nitrogens is 2. The van der Waals surface area contributed by atoms with Gasteiger partial charge in [0.2, 0.25) is 5.88 Å². The highest BCUT2D eigenvalue weighted by Crippen LogP contribution is 2.26. The van der Waals surface area contributed by atoms with Gasteiger partial charge in [-0.25, -0.2) is 18.4 Å². The van der Waals surface area contributed by atoms with Crippen LogP contribution in [0, 0.1) is 0 Å². The van der Waals surface area contributed by atoms with Crippen molar-refractivity contribution in [1.29, 1.82) is 0 Å². The summed E-state index contributed by atoms with van der Waals surface area (Å²) in [6.45, 7) is 3.37. The number of rotatable bonds is 9. The number of morpholine rings is 1. The van der Waals surface area contributed by atoms with E-state index in [-0.39, 0.29) is 10.6 Å². The number of amides is 1. The molecule has 1 saturated heterocycles. The molecular formula is C23H28N6O5S2. The largest absolute Gasteiger partial charge is 0.476 e. The molecule has 3 aromatic rings. The van der Waals surface area contributed by atoms with Crippen LogP contribution in [0.2, 0.25) is 0 Å². The molecule has 36 heavy (non-hydrogen) atoms. The summed E-state index contributed by atoms with van der Waals surface area (Å²) in [5.41, 5.74) is 1.28. The second-order valence-corrected chi connectivity index (χ2v) is 11.4. The van der Waals surface area contributed by atoms with Crippen LogP contribution in [-0.4, -0.2) is 99.7 Å². The van der Waals surface area contributed by atoms with Crippen LogP contribution < -0.4 is 10.1 Å². The van der Waals surface area contributed by atoms with Crippen molar-refractivity contribution in [1.82, 2.24) is 19.9 Å². The van der Waals surface area contributed by atoms with Crippen LogP contribution in [0.25, 0.3) is 10.3 Å². The van der Waals surface area contributed by atoms with Gasteiger partial charge in [0, 0.05) is 24.4 Å². The number of hydrogen-bond acceptors (Lipinski definition) is 11. The smallest absolute Gasteiger partial charge is 0.278 e. The number of hydrogen-bond donors (Lipinski definition) is 1. The van der Waals surface area contributed by atoms with Crippen LogP contribution in [0.4, 0.5) is 5.13 Å². The maximum Gasteiger partial charge on any atom is 0.278 e. The predicted molar refractivity (Wildman–Crippen MR) is 139 cm³/mol. The molecule has 0 aliphatic carbocycles. The van der Waals surface area contributed by atoms with E-state index in [0.717, 1.165) is 12.8 Å². The first kappa shape index (κ1) is 25.9. The Morgan fingerprint density at radius 2 is 1.89 bits per heavy atom. The molecule has 0 radical (unpaired) electrons. The topological polar surface area (TPSA) is 126 Å². The Bertz CT molecular complexity index is 1350. The first-order valence-electron chi connectivity index (χ1n) is 11.3.